The Morgan fingerprint density at radius 1 is 1.05 bits per heavy atom. The molecule has 230 valence electrons. The molecule has 6 N–H and O–H groups in total. The number of nitrogens with two attached hydrogens (primary N) is 1. The van der Waals surface area contributed by atoms with Crippen molar-refractivity contribution >= 4 is 50.1 Å². The second-order valence-corrected chi connectivity index (χ2v) is 13.0. The molecule has 0 saturated carbocycles. The van der Waals surface area contributed by atoms with Gasteiger partial charge in [0, 0.05) is 25.7 Å². The minimum absolute atomic E-state index is 0.00466. The van der Waals surface area contributed by atoms with E-state index in [9.17, 15) is 28.2 Å². The van der Waals surface area contributed by atoms with Crippen LogP contribution in [0.1, 0.15) is 45.0 Å². The number of nitrogens with one attached hydrogen (secondary N) is 2. The van der Waals surface area contributed by atoms with Crippen molar-refractivity contribution in [2.45, 2.75) is 43.2 Å². The van der Waals surface area contributed by atoms with Crippen LogP contribution in [0, 0.1) is 6.92 Å². The number of sulfonamides is 1. The molecule has 13 nitrogen and oxygen atoms in total. The first kappa shape index (κ1) is 31.0. The number of nitrogens with zero attached hydrogens (tertiary/aromatic N) is 4. The first-order valence-corrected chi connectivity index (χ1v) is 16.0. The topological polar surface area (TPSA) is 201 Å². The number of aromatic carboxylic acids is 1. The van der Waals surface area contributed by atoms with Gasteiger partial charge in [0.2, 0.25) is 21.9 Å². The lowest BCUT2D eigenvalue weighted by Crippen LogP contribution is -2.45. The zero-order chi connectivity index (χ0) is 31.5. The monoisotopic (exact) mass is 637 g/mol. The van der Waals surface area contributed by atoms with Gasteiger partial charge in [-0.05, 0) is 43.0 Å². The van der Waals surface area contributed by atoms with Gasteiger partial charge in [0.05, 0.1) is 28.3 Å². The number of hydrogen-bond acceptors (Lipinski definition) is 11. The molecule has 1 fully saturated rings. The van der Waals surface area contributed by atoms with Gasteiger partial charge in [-0.25, -0.2) is 28.3 Å². The quantitative estimate of drug-likeness (QED) is 0.171. The Morgan fingerprint density at radius 2 is 1.73 bits per heavy atom. The zero-order valence-corrected chi connectivity index (χ0v) is 25.4. The molecular weight excluding hydrogens is 606 g/mol. The van der Waals surface area contributed by atoms with Crippen LogP contribution in [0.3, 0.4) is 0 Å². The number of aliphatic hydroxyl groups is 1. The minimum Gasteiger partial charge on any atom is -0.477 e. The van der Waals surface area contributed by atoms with Crippen molar-refractivity contribution < 1.29 is 28.2 Å². The van der Waals surface area contributed by atoms with Gasteiger partial charge in [0.25, 0.3) is 0 Å². The van der Waals surface area contributed by atoms with Gasteiger partial charge in [-0.15, -0.1) is 0 Å². The number of hydrogen-bond donors (Lipinski definition) is 5. The number of likely N-dealkylation sites (tertiary alicyclic amines) is 1. The molecule has 15 heteroatoms. The van der Waals surface area contributed by atoms with Crippen molar-refractivity contribution in [1.29, 1.82) is 0 Å². The average Bonchev–Trinajstić information content (AvgIpc) is 3.36. The second kappa shape index (κ2) is 12.7. The van der Waals surface area contributed by atoms with Crippen LogP contribution in [-0.2, 0) is 33.4 Å². The van der Waals surface area contributed by atoms with E-state index in [0.717, 1.165) is 22.5 Å². The molecule has 0 bridgehead atoms. The summed E-state index contributed by atoms with van der Waals surface area (Å²) in [6, 6.07) is 17.1. The molecule has 3 heterocycles. The van der Waals surface area contributed by atoms with Crippen LogP contribution in [0.15, 0.2) is 65.6 Å². The fourth-order valence-corrected chi connectivity index (χ4v) is 6.21. The van der Waals surface area contributed by atoms with E-state index in [2.05, 4.69) is 25.6 Å². The zero-order valence-electron chi connectivity index (χ0n) is 23.7. The molecule has 2 aromatic heterocycles. The maximum Gasteiger partial charge on any atom is 0.347 e. The Hall–Kier alpha value is -4.44. The van der Waals surface area contributed by atoms with Crippen molar-refractivity contribution in [3.63, 3.8) is 0 Å². The summed E-state index contributed by atoms with van der Waals surface area (Å²) in [5, 5.41) is 32.1. The maximum atomic E-state index is 13.3. The van der Waals surface area contributed by atoms with Crippen molar-refractivity contribution in [2.24, 2.45) is 5.14 Å². The van der Waals surface area contributed by atoms with Crippen LogP contribution >= 0.6 is 11.3 Å². The summed E-state index contributed by atoms with van der Waals surface area (Å²) in [5.41, 5.74) is 1.35. The van der Waals surface area contributed by atoms with Crippen LogP contribution in [0.4, 0.5) is 16.9 Å². The van der Waals surface area contributed by atoms with E-state index in [-0.39, 0.29) is 39.7 Å². The third kappa shape index (κ3) is 7.37. The van der Waals surface area contributed by atoms with Crippen LogP contribution < -0.4 is 15.8 Å². The fraction of sp³-hybridized carbons (Fsp3) is 0.276. The lowest BCUT2D eigenvalue weighted by molar-refractivity contribution is -0.135. The van der Waals surface area contributed by atoms with Crippen LogP contribution in [0.25, 0.3) is 0 Å². The molecule has 1 amide bonds. The summed E-state index contributed by atoms with van der Waals surface area (Å²) >= 11 is 0.942. The molecule has 0 spiro atoms. The molecule has 1 aliphatic heterocycles. The predicted molar refractivity (Wildman–Crippen MR) is 164 cm³/mol. The molecule has 0 unspecified atom stereocenters. The minimum atomic E-state index is -3.82. The number of primary sulfonamides is 1. The van der Waals surface area contributed by atoms with Crippen molar-refractivity contribution in [2.75, 3.05) is 23.7 Å². The van der Waals surface area contributed by atoms with Crippen LogP contribution in [0.2, 0.25) is 0 Å². The van der Waals surface area contributed by atoms with E-state index >= 15 is 0 Å². The van der Waals surface area contributed by atoms with E-state index in [1.165, 1.54) is 12.1 Å². The highest BCUT2D eigenvalue weighted by atomic mass is 32.2. The lowest BCUT2D eigenvalue weighted by Gasteiger charge is -2.38. The number of carbonyl (C=O) groups excluding carboxylic acids is 1. The van der Waals surface area contributed by atoms with Gasteiger partial charge in [-0.3, -0.25) is 10.1 Å². The van der Waals surface area contributed by atoms with Crippen molar-refractivity contribution in [3.05, 3.63) is 88.1 Å². The summed E-state index contributed by atoms with van der Waals surface area (Å²) in [5.74, 6) is -0.757. The van der Waals surface area contributed by atoms with Crippen LogP contribution in [0.5, 0.6) is 0 Å². The predicted octanol–water partition coefficient (Wildman–Crippen LogP) is 3.00. The number of benzene rings is 2. The Kier molecular flexibility index (Phi) is 8.92. The highest BCUT2D eigenvalue weighted by Gasteiger charge is 2.35. The van der Waals surface area contributed by atoms with E-state index in [1.54, 1.807) is 30.0 Å². The van der Waals surface area contributed by atoms with E-state index in [1.807, 2.05) is 30.3 Å². The molecule has 0 radical (unpaired) electrons. The van der Waals surface area contributed by atoms with E-state index < -0.39 is 21.6 Å². The number of rotatable bonds is 10. The average molecular weight is 638 g/mol. The van der Waals surface area contributed by atoms with Gasteiger partial charge in [0.15, 0.2) is 5.13 Å². The number of aryl methyl sites for hydroxylation is 1. The SMILES string of the molecule is Cc1nc(Nc2nc(CC(=O)N3CCC(O)(c4ccccc4)CC3)cc(NCc3ccc(S(N)(=O)=O)cc3)n2)sc1C(=O)O. The van der Waals surface area contributed by atoms with E-state index in [0.29, 0.717) is 43.1 Å². The smallest absolute Gasteiger partial charge is 0.347 e. The number of amides is 1. The molecule has 1 aliphatic rings. The highest BCUT2D eigenvalue weighted by molar-refractivity contribution is 7.89. The molecule has 1 saturated heterocycles. The Labute approximate surface area is 257 Å². The first-order chi connectivity index (χ1) is 20.9. The van der Waals surface area contributed by atoms with Gasteiger partial charge >= 0.3 is 5.97 Å². The molecule has 0 aliphatic carbocycles. The van der Waals surface area contributed by atoms with Gasteiger partial charge in [-0.2, -0.15) is 4.98 Å². The normalized spacial score (nSPS) is 14.7. The van der Waals surface area contributed by atoms with Crippen LogP contribution in [-0.4, -0.2) is 63.4 Å². The number of carbonyl (C=O) groups is 2. The van der Waals surface area contributed by atoms with Gasteiger partial charge in [-0.1, -0.05) is 53.8 Å². The molecular formula is C29H31N7O6S2. The van der Waals surface area contributed by atoms with Crippen molar-refractivity contribution in [1.82, 2.24) is 19.9 Å². The Balaban J connectivity index is 1.32. The molecule has 2 aromatic carbocycles. The molecule has 0 atom stereocenters. The molecule has 4 aromatic rings. The fourth-order valence-electron chi connectivity index (χ4n) is 4.90. The van der Waals surface area contributed by atoms with E-state index in [4.69, 9.17) is 5.14 Å². The summed E-state index contributed by atoms with van der Waals surface area (Å²) in [4.78, 5) is 39.8. The largest absolute Gasteiger partial charge is 0.477 e. The number of aromatic nitrogens is 3. The number of thiazole rings is 1. The first-order valence-electron chi connectivity index (χ1n) is 13.7. The summed E-state index contributed by atoms with van der Waals surface area (Å²) in [6.07, 6.45) is 0.785. The lowest BCUT2D eigenvalue weighted by atomic mass is 9.84. The Bertz CT molecular complexity index is 1770. The molecule has 5 rings (SSSR count). The number of piperidine rings is 1. The van der Waals surface area contributed by atoms with Gasteiger partial charge in [0.1, 0.15) is 10.7 Å². The summed E-state index contributed by atoms with van der Waals surface area (Å²) in [7, 11) is -3.82. The summed E-state index contributed by atoms with van der Waals surface area (Å²) < 4.78 is 23.1. The molecule has 44 heavy (non-hydrogen) atoms. The van der Waals surface area contributed by atoms with Gasteiger partial charge < -0.3 is 20.4 Å². The number of carboxylic acids is 1. The second-order valence-electron chi connectivity index (χ2n) is 10.4. The van der Waals surface area contributed by atoms with Crippen molar-refractivity contribution in [3.8, 4) is 0 Å². The number of carboxylic acid groups (broad SMARTS) is 1. The summed E-state index contributed by atoms with van der Waals surface area (Å²) in [6.45, 7) is 2.64. The maximum absolute atomic E-state index is 13.3. The Morgan fingerprint density at radius 3 is 2.34 bits per heavy atom. The highest BCUT2D eigenvalue weighted by Crippen LogP contribution is 2.33. The number of anilines is 3. The third-order valence-corrected chi connectivity index (χ3v) is 9.29. The standard InChI is InChI=1S/C29H31N7O6S2/c1-18-25(26(38)39)43-28(32-18)35-27-33-21(15-23(34-27)31-17-19-7-9-22(10-8-19)44(30,41)42)16-24(37)36-13-11-29(40,12-14-36)20-5-3-2-4-6-20/h2-10,15,40H,11-14,16-17H2,1H3,(H,38,39)(H2,30,41,42)(H2,31,32,33,34,35). The third-order valence-electron chi connectivity index (χ3n) is 7.30.